The first-order valence-electron chi connectivity index (χ1n) is 14.5. The summed E-state index contributed by atoms with van der Waals surface area (Å²) in [6.07, 6.45) is 5.76. The number of pyridine rings is 1. The monoisotopic (exact) mass is 577 g/mol. The summed E-state index contributed by atoms with van der Waals surface area (Å²) in [5.41, 5.74) is 5.31. The lowest BCUT2D eigenvalue weighted by Gasteiger charge is -2.35. The van der Waals surface area contributed by atoms with E-state index >= 15 is 0 Å². The van der Waals surface area contributed by atoms with Crippen LogP contribution in [-0.2, 0) is 23.9 Å². The minimum absolute atomic E-state index is 0.190. The van der Waals surface area contributed by atoms with Gasteiger partial charge < -0.3 is 15.4 Å². The fraction of sp³-hybridized carbons (Fsp3) is 0.469. The van der Waals surface area contributed by atoms with E-state index in [0.717, 1.165) is 16.5 Å². The number of nitrogens with zero attached hydrogens (tertiary/aromatic N) is 2. The number of hydrogen-bond donors (Lipinski definition) is 3. The van der Waals surface area contributed by atoms with Crippen LogP contribution in [-0.4, -0.2) is 58.4 Å². The molecule has 226 valence electrons. The summed E-state index contributed by atoms with van der Waals surface area (Å²) >= 11 is 0. The summed E-state index contributed by atoms with van der Waals surface area (Å²) in [6.45, 7) is 14.7. The second-order valence-electron chi connectivity index (χ2n) is 11.1. The molecule has 1 aromatic heterocycles. The van der Waals surface area contributed by atoms with E-state index in [4.69, 9.17) is 4.74 Å². The van der Waals surface area contributed by atoms with Crippen LogP contribution < -0.4 is 16.1 Å². The van der Waals surface area contributed by atoms with Crippen LogP contribution in [0.4, 0.5) is 0 Å². The highest BCUT2D eigenvalue weighted by Gasteiger charge is 2.34. The zero-order valence-corrected chi connectivity index (χ0v) is 25.3. The van der Waals surface area contributed by atoms with Crippen molar-refractivity contribution in [1.82, 2.24) is 26.1 Å². The Kier molecular flexibility index (Phi) is 11.4. The smallest absolute Gasteiger partial charge is 0.325 e. The topological polar surface area (TPSA) is 130 Å². The average Bonchev–Trinajstić information content (AvgIpc) is 2.98. The Bertz CT molecular complexity index is 1340. The molecular weight excluding hydrogens is 534 g/mol. The first-order valence-corrected chi connectivity index (χ1v) is 14.5. The maximum Gasteiger partial charge on any atom is 0.325 e. The Morgan fingerprint density at radius 2 is 1.79 bits per heavy atom. The number of rotatable bonds is 11. The Morgan fingerprint density at radius 3 is 2.45 bits per heavy atom. The van der Waals surface area contributed by atoms with Crippen LogP contribution in [0.5, 0.6) is 0 Å². The zero-order chi connectivity index (χ0) is 31.0. The number of hydrazine groups is 1. The molecule has 3 N–H and O–H groups in total. The Labute approximate surface area is 247 Å². The third-order valence-electron chi connectivity index (χ3n) is 7.29. The molecule has 0 bridgehead atoms. The molecule has 2 aromatic rings. The quantitative estimate of drug-likeness (QED) is 0.273. The van der Waals surface area contributed by atoms with Crippen LogP contribution in [0.3, 0.4) is 0 Å². The second kappa shape index (κ2) is 14.7. The van der Waals surface area contributed by atoms with Crippen molar-refractivity contribution in [3.8, 4) is 0 Å². The van der Waals surface area contributed by atoms with E-state index in [1.807, 2.05) is 51.1 Å². The molecule has 3 rings (SSSR count). The van der Waals surface area contributed by atoms with E-state index in [9.17, 15) is 19.2 Å². The second-order valence-corrected chi connectivity index (χ2v) is 11.1. The number of nitrogens with one attached hydrogen (secondary N) is 3. The largest absolute Gasteiger partial charge is 0.455 e. The highest BCUT2D eigenvalue weighted by Crippen LogP contribution is 2.22. The van der Waals surface area contributed by atoms with Crippen molar-refractivity contribution < 1.29 is 23.9 Å². The fourth-order valence-electron chi connectivity index (χ4n) is 4.73. The first-order chi connectivity index (χ1) is 19.9. The molecule has 2 heterocycles. The van der Waals surface area contributed by atoms with Crippen LogP contribution in [0.15, 0.2) is 49.1 Å². The van der Waals surface area contributed by atoms with E-state index in [2.05, 4.69) is 27.6 Å². The number of ether oxygens (including phenoxy) is 1. The third kappa shape index (κ3) is 8.25. The number of benzene rings is 1. The van der Waals surface area contributed by atoms with Gasteiger partial charge >= 0.3 is 5.97 Å². The van der Waals surface area contributed by atoms with Gasteiger partial charge in [0, 0.05) is 11.9 Å². The van der Waals surface area contributed by atoms with Gasteiger partial charge in [0.25, 0.3) is 5.91 Å². The molecule has 3 unspecified atom stereocenters. The number of allylic oxidation sites excluding steroid dienone is 1. The minimum atomic E-state index is -0.882. The van der Waals surface area contributed by atoms with Crippen LogP contribution in [0.1, 0.15) is 71.7 Å². The summed E-state index contributed by atoms with van der Waals surface area (Å²) in [4.78, 5) is 56.4. The maximum absolute atomic E-state index is 13.2. The summed E-state index contributed by atoms with van der Waals surface area (Å²) in [5, 5.41) is 7.83. The molecule has 1 aliphatic heterocycles. The van der Waals surface area contributed by atoms with Crippen molar-refractivity contribution in [1.29, 1.82) is 0 Å². The SMILES string of the molecule is C=Cc1ccc2ccc([C@@H](C)OC(=O)C3CCCN(C(=O)C(C)NC(=O)C(NC(=O)[C@H](C)/C=C/C)C(C)C)N3)nc2c1. The molecule has 1 saturated heterocycles. The normalized spacial score (nSPS) is 18.3. The lowest BCUT2D eigenvalue weighted by molar-refractivity contribution is -0.157. The van der Waals surface area contributed by atoms with Gasteiger partial charge in [0.15, 0.2) is 0 Å². The minimum Gasteiger partial charge on any atom is -0.455 e. The van der Waals surface area contributed by atoms with Crippen LogP contribution >= 0.6 is 0 Å². The van der Waals surface area contributed by atoms with E-state index in [0.29, 0.717) is 25.1 Å². The molecule has 0 spiro atoms. The van der Waals surface area contributed by atoms with Crippen molar-refractivity contribution in [2.45, 2.75) is 78.6 Å². The summed E-state index contributed by atoms with van der Waals surface area (Å²) in [7, 11) is 0. The van der Waals surface area contributed by atoms with E-state index < -0.39 is 36.1 Å². The maximum atomic E-state index is 13.2. The summed E-state index contributed by atoms with van der Waals surface area (Å²) in [5.74, 6) is -2.17. The van der Waals surface area contributed by atoms with Gasteiger partial charge in [-0.2, -0.15) is 0 Å². The van der Waals surface area contributed by atoms with Crippen LogP contribution in [0.2, 0.25) is 0 Å². The van der Waals surface area contributed by atoms with E-state index in [-0.39, 0.29) is 23.7 Å². The fourth-order valence-corrected chi connectivity index (χ4v) is 4.73. The molecule has 5 atom stereocenters. The lowest BCUT2D eigenvalue weighted by atomic mass is 10.0. The Hall–Kier alpha value is -4.05. The average molecular weight is 578 g/mol. The molecule has 0 aliphatic carbocycles. The van der Waals surface area contributed by atoms with Gasteiger partial charge in [-0.1, -0.05) is 63.8 Å². The van der Waals surface area contributed by atoms with Crippen molar-refractivity contribution in [2.75, 3.05) is 6.54 Å². The van der Waals surface area contributed by atoms with Gasteiger partial charge in [0.1, 0.15) is 24.2 Å². The number of carbonyl (C=O) groups excluding carboxylic acids is 4. The van der Waals surface area contributed by atoms with Gasteiger partial charge in [-0.25, -0.2) is 10.4 Å². The van der Waals surface area contributed by atoms with Gasteiger partial charge in [-0.05, 0) is 57.2 Å². The Morgan fingerprint density at radius 1 is 1.07 bits per heavy atom. The molecule has 1 fully saturated rings. The third-order valence-corrected chi connectivity index (χ3v) is 7.29. The van der Waals surface area contributed by atoms with Crippen LogP contribution in [0.25, 0.3) is 17.0 Å². The first kappa shape index (κ1) is 32.5. The number of hydrogen-bond acceptors (Lipinski definition) is 7. The van der Waals surface area contributed by atoms with Crippen molar-refractivity contribution >= 4 is 40.7 Å². The van der Waals surface area contributed by atoms with Crippen molar-refractivity contribution in [3.05, 3.63) is 60.3 Å². The molecule has 0 saturated carbocycles. The zero-order valence-electron chi connectivity index (χ0n) is 25.3. The molecule has 10 nitrogen and oxygen atoms in total. The van der Waals surface area contributed by atoms with E-state index in [1.165, 1.54) is 5.01 Å². The molecule has 1 aliphatic rings. The number of fused-ring (bicyclic) bond motifs is 1. The molecule has 0 radical (unpaired) electrons. The predicted octanol–water partition coefficient (Wildman–Crippen LogP) is 3.84. The standard InChI is InChI=1S/C32H43N5O5/c1-8-11-20(5)29(38)35-28(19(3)4)30(39)33-21(6)31(40)37-17-10-12-26(36-37)32(41)42-22(7)25-16-15-24-14-13-23(9-2)18-27(24)34-25/h8-9,11,13-16,18-22,26,28,36H,2,10,12,17H2,1,3-7H3,(H,33,39)(H,35,38)/b11-8+/t20-,21?,22-,26?,28?/m1/s1. The van der Waals surface area contributed by atoms with Gasteiger partial charge in [-0.15, -0.1) is 0 Å². The molecule has 3 amide bonds. The molecule has 1 aromatic carbocycles. The molecule has 42 heavy (non-hydrogen) atoms. The lowest BCUT2D eigenvalue weighted by Crippen LogP contribution is -2.61. The summed E-state index contributed by atoms with van der Waals surface area (Å²) < 4.78 is 5.73. The number of esters is 1. The van der Waals surface area contributed by atoms with Crippen LogP contribution in [0, 0.1) is 11.8 Å². The number of carbonyl (C=O) groups is 4. The highest BCUT2D eigenvalue weighted by atomic mass is 16.5. The van der Waals surface area contributed by atoms with Gasteiger partial charge in [-0.3, -0.25) is 24.2 Å². The summed E-state index contributed by atoms with van der Waals surface area (Å²) in [6, 6.07) is 7.20. The van der Waals surface area contributed by atoms with Gasteiger partial charge in [0.05, 0.1) is 17.1 Å². The highest BCUT2D eigenvalue weighted by molar-refractivity contribution is 5.92. The van der Waals surface area contributed by atoms with E-state index in [1.54, 1.807) is 39.0 Å². The Balaban J connectivity index is 1.59. The van der Waals surface area contributed by atoms with Gasteiger partial charge in [0.2, 0.25) is 11.8 Å². The molecule has 10 heteroatoms. The van der Waals surface area contributed by atoms with Crippen molar-refractivity contribution in [2.24, 2.45) is 11.8 Å². The number of amides is 3. The number of aromatic nitrogens is 1. The van der Waals surface area contributed by atoms with Crippen molar-refractivity contribution in [3.63, 3.8) is 0 Å². The predicted molar refractivity (Wildman–Crippen MR) is 163 cm³/mol. The molecular formula is C32H43N5O5.